The van der Waals surface area contributed by atoms with E-state index < -0.39 is 0 Å². The van der Waals surface area contributed by atoms with Crippen molar-refractivity contribution in [3.63, 3.8) is 0 Å². The molecule has 0 bridgehead atoms. The molecule has 176 valence electrons. The molecule has 7 heteroatoms. The Balaban J connectivity index is 1.61. The number of hydrogen-bond donors (Lipinski definition) is 1. The summed E-state index contributed by atoms with van der Waals surface area (Å²) in [5.74, 6) is 1.88. The number of aromatic nitrogens is 2. The maximum atomic E-state index is 12.5. The summed E-state index contributed by atoms with van der Waals surface area (Å²) in [7, 11) is 3.47. The van der Waals surface area contributed by atoms with E-state index in [1.165, 1.54) is 0 Å². The largest absolute Gasteiger partial charge is 0.456 e. The van der Waals surface area contributed by atoms with Crippen LogP contribution in [0.25, 0.3) is 11.1 Å². The third kappa shape index (κ3) is 3.95. The molecular weight excluding hydrogens is 428 g/mol. The number of ether oxygens (including phenoxy) is 1. The second kappa shape index (κ2) is 8.63. The average molecular weight is 459 g/mol. The van der Waals surface area contributed by atoms with Gasteiger partial charge in [-0.25, -0.2) is 0 Å². The number of anilines is 1. The second-order valence-electron chi connectivity index (χ2n) is 9.51. The molecule has 0 radical (unpaired) electrons. The van der Waals surface area contributed by atoms with Gasteiger partial charge in [0.15, 0.2) is 0 Å². The number of hydrogen-bond acceptors (Lipinski definition) is 4. The molecule has 1 aromatic heterocycles. The molecule has 2 amide bonds. The van der Waals surface area contributed by atoms with Crippen molar-refractivity contribution in [3.05, 3.63) is 59.4 Å². The Hall–Kier alpha value is -3.61. The van der Waals surface area contributed by atoms with Crippen molar-refractivity contribution in [2.75, 3.05) is 19.0 Å². The number of H-pyrrole nitrogens is 1. The Morgan fingerprint density at radius 2 is 1.79 bits per heavy atom. The molecule has 1 aliphatic carbocycles. The summed E-state index contributed by atoms with van der Waals surface area (Å²) in [6, 6.07) is 11.4. The molecule has 0 spiro atoms. The van der Waals surface area contributed by atoms with E-state index in [-0.39, 0.29) is 17.9 Å². The van der Waals surface area contributed by atoms with Gasteiger partial charge in [-0.1, -0.05) is 0 Å². The molecule has 1 N–H and O–H groups in total. The first-order valence-corrected chi connectivity index (χ1v) is 11.8. The van der Waals surface area contributed by atoms with E-state index in [0.29, 0.717) is 17.2 Å². The molecule has 3 aromatic rings. The van der Waals surface area contributed by atoms with E-state index in [1.54, 1.807) is 38.1 Å². The first-order chi connectivity index (χ1) is 16.3. The minimum Gasteiger partial charge on any atom is -0.456 e. The van der Waals surface area contributed by atoms with E-state index in [2.05, 4.69) is 17.1 Å². The summed E-state index contributed by atoms with van der Waals surface area (Å²) in [5, 5.41) is 7.53. The third-order valence-corrected chi connectivity index (χ3v) is 6.76. The normalized spacial score (nSPS) is 17.3. The first-order valence-electron chi connectivity index (χ1n) is 11.8. The number of carbonyl (C=O) groups excluding carboxylic acids is 2. The summed E-state index contributed by atoms with van der Waals surface area (Å²) in [4.78, 5) is 28.2. The predicted octanol–water partition coefficient (Wildman–Crippen LogP) is 5.14. The second-order valence-corrected chi connectivity index (χ2v) is 9.51. The van der Waals surface area contributed by atoms with E-state index in [4.69, 9.17) is 4.74 Å². The number of nitrogens with one attached hydrogen (secondary N) is 1. The zero-order valence-electron chi connectivity index (χ0n) is 20.1. The van der Waals surface area contributed by atoms with Crippen LogP contribution in [0.1, 0.15) is 60.6 Å². The summed E-state index contributed by atoms with van der Waals surface area (Å²) in [6.45, 7) is 3.70. The van der Waals surface area contributed by atoms with E-state index in [0.717, 1.165) is 59.5 Å². The summed E-state index contributed by atoms with van der Waals surface area (Å²) in [6.07, 6.45) is 5.87. The molecule has 1 saturated carbocycles. The maximum absolute atomic E-state index is 12.5. The van der Waals surface area contributed by atoms with Crippen LogP contribution in [-0.4, -0.2) is 47.0 Å². The van der Waals surface area contributed by atoms with Crippen LogP contribution in [0.3, 0.4) is 0 Å². The van der Waals surface area contributed by atoms with E-state index in [1.807, 2.05) is 35.4 Å². The zero-order chi connectivity index (χ0) is 24.0. The van der Waals surface area contributed by atoms with Gasteiger partial charge in [-0.05, 0) is 69.0 Å². The third-order valence-electron chi connectivity index (χ3n) is 6.76. The Labute approximate surface area is 199 Å². The van der Waals surface area contributed by atoms with Gasteiger partial charge in [0, 0.05) is 60.9 Å². The number of amides is 2. The van der Waals surface area contributed by atoms with Crippen LogP contribution < -0.4 is 9.64 Å². The van der Waals surface area contributed by atoms with Crippen LogP contribution in [0.5, 0.6) is 11.5 Å². The lowest BCUT2D eigenvalue weighted by Gasteiger charge is -2.36. The number of carbonyl (C=O) groups is 2. The monoisotopic (exact) mass is 458 g/mol. The fraction of sp³-hybridized carbons (Fsp3) is 0.370. The van der Waals surface area contributed by atoms with Crippen molar-refractivity contribution in [2.24, 2.45) is 0 Å². The van der Waals surface area contributed by atoms with Crippen LogP contribution in [-0.2, 0) is 11.2 Å². The van der Waals surface area contributed by atoms with Crippen molar-refractivity contribution < 1.29 is 14.3 Å². The van der Waals surface area contributed by atoms with Gasteiger partial charge in [-0.2, -0.15) is 5.10 Å². The Kier molecular flexibility index (Phi) is 5.63. The number of fused-ring (bicyclic) bond motifs is 1. The molecule has 1 atom stereocenters. The summed E-state index contributed by atoms with van der Waals surface area (Å²) in [5.41, 5.74) is 5.70. The molecule has 34 heavy (non-hydrogen) atoms. The molecule has 0 unspecified atom stereocenters. The number of nitrogens with zero attached hydrogens (tertiary/aromatic N) is 3. The minimum atomic E-state index is -0.0529. The molecule has 2 heterocycles. The Bertz CT molecular complexity index is 1240. The van der Waals surface area contributed by atoms with Crippen LogP contribution in [0.4, 0.5) is 5.69 Å². The van der Waals surface area contributed by atoms with Crippen LogP contribution >= 0.6 is 0 Å². The molecular formula is C27H30N4O3. The fourth-order valence-corrected chi connectivity index (χ4v) is 4.85. The summed E-state index contributed by atoms with van der Waals surface area (Å²) >= 11 is 0. The topological polar surface area (TPSA) is 78.5 Å². The predicted molar refractivity (Wildman–Crippen MR) is 131 cm³/mol. The number of rotatable bonds is 5. The highest BCUT2D eigenvalue weighted by atomic mass is 16.5. The molecule has 1 fully saturated rings. The lowest BCUT2D eigenvalue weighted by molar-refractivity contribution is -0.117. The van der Waals surface area contributed by atoms with Gasteiger partial charge < -0.3 is 14.5 Å². The molecule has 0 saturated heterocycles. The van der Waals surface area contributed by atoms with E-state index >= 15 is 0 Å². The Morgan fingerprint density at radius 1 is 1.06 bits per heavy atom. The molecule has 2 aromatic carbocycles. The maximum Gasteiger partial charge on any atom is 0.253 e. The zero-order valence-corrected chi connectivity index (χ0v) is 20.1. The van der Waals surface area contributed by atoms with E-state index in [9.17, 15) is 9.59 Å². The quantitative estimate of drug-likeness (QED) is 0.575. The number of benzene rings is 2. The van der Waals surface area contributed by atoms with Gasteiger partial charge >= 0.3 is 0 Å². The lowest BCUT2D eigenvalue weighted by Crippen LogP contribution is -2.40. The van der Waals surface area contributed by atoms with Crippen molar-refractivity contribution >= 4 is 17.5 Å². The molecule has 1 aliphatic heterocycles. The molecule has 7 nitrogen and oxygen atoms in total. The summed E-state index contributed by atoms with van der Waals surface area (Å²) < 4.78 is 6.54. The van der Waals surface area contributed by atoms with Crippen molar-refractivity contribution in [3.8, 4) is 22.6 Å². The Morgan fingerprint density at radius 3 is 2.44 bits per heavy atom. The lowest BCUT2D eigenvalue weighted by atomic mass is 9.91. The van der Waals surface area contributed by atoms with Crippen LogP contribution in [0, 0.1) is 0 Å². The smallest absolute Gasteiger partial charge is 0.253 e. The standard InChI is InChI=1S/C27H30N4O3/c1-16-5-12-22-24(31(16)17(2)32)14-13-21(23-15-28-29-25(23)18-6-7-18)26(22)34-20-10-8-19(9-11-20)27(33)30(3)4/h8-11,13-16,18H,5-7,12H2,1-4H3,(H,28,29)/t16-/m0/s1. The van der Waals surface area contributed by atoms with Gasteiger partial charge in [0.25, 0.3) is 5.91 Å². The highest BCUT2D eigenvalue weighted by Gasteiger charge is 2.33. The first kappa shape index (κ1) is 22.2. The van der Waals surface area contributed by atoms with Gasteiger partial charge in [0.1, 0.15) is 11.5 Å². The molecule has 2 aliphatic rings. The minimum absolute atomic E-state index is 0.0284. The molecule has 5 rings (SSSR count). The van der Waals surface area contributed by atoms with Gasteiger partial charge in [-0.15, -0.1) is 0 Å². The van der Waals surface area contributed by atoms with Gasteiger partial charge in [-0.3, -0.25) is 14.7 Å². The SMILES string of the molecule is CC(=O)N1c2ccc(-c3cn[nH]c3C3CC3)c(Oc3ccc(C(=O)N(C)C)cc3)c2CC[C@@H]1C. The van der Waals surface area contributed by atoms with Crippen LogP contribution in [0.2, 0.25) is 0 Å². The fourth-order valence-electron chi connectivity index (χ4n) is 4.85. The van der Waals surface area contributed by atoms with Crippen molar-refractivity contribution in [1.82, 2.24) is 15.1 Å². The van der Waals surface area contributed by atoms with Crippen molar-refractivity contribution in [1.29, 1.82) is 0 Å². The van der Waals surface area contributed by atoms with Crippen molar-refractivity contribution in [2.45, 2.75) is 51.5 Å². The highest BCUT2D eigenvalue weighted by molar-refractivity contribution is 5.95. The van der Waals surface area contributed by atoms with Crippen LogP contribution in [0.15, 0.2) is 42.6 Å². The van der Waals surface area contributed by atoms with Gasteiger partial charge in [0.2, 0.25) is 5.91 Å². The average Bonchev–Trinajstić information content (AvgIpc) is 3.55. The van der Waals surface area contributed by atoms with Gasteiger partial charge in [0.05, 0.1) is 11.9 Å². The highest BCUT2D eigenvalue weighted by Crippen LogP contribution is 2.49. The number of aromatic amines is 1.